The van der Waals surface area contributed by atoms with Gasteiger partial charge in [-0.2, -0.15) is 0 Å². The summed E-state index contributed by atoms with van der Waals surface area (Å²) in [6.45, 7) is 4.59. The first-order chi connectivity index (χ1) is 11.4. The van der Waals surface area contributed by atoms with E-state index in [0.717, 1.165) is 18.4 Å². The minimum Gasteiger partial charge on any atom is -0.481 e. The number of carbonyl (C=O) groups excluding carboxylic acids is 2. The summed E-state index contributed by atoms with van der Waals surface area (Å²) >= 11 is 0. The summed E-state index contributed by atoms with van der Waals surface area (Å²) in [7, 11) is 1.58. The van der Waals surface area contributed by atoms with Gasteiger partial charge in [-0.25, -0.2) is 0 Å². The van der Waals surface area contributed by atoms with Gasteiger partial charge in [-0.3, -0.25) is 14.4 Å². The number of amides is 2. The van der Waals surface area contributed by atoms with Gasteiger partial charge in [-0.1, -0.05) is 26.0 Å². The highest BCUT2D eigenvalue weighted by molar-refractivity contribution is 5.94. The minimum atomic E-state index is -0.932. The zero-order valence-electron chi connectivity index (χ0n) is 14.5. The molecule has 0 saturated carbocycles. The summed E-state index contributed by atoms with van der Waals surface area (Å²) in [5.41, 5.74) is 1.41. The number of carbonyl (C=O) groups is 3. The van der Waals surface area contributed by atoms with Crippen LogP contribution in [0.15, 0.2) is 24.3 Å². The maximum atomic E-state index is 12.2. The Hall–Kier alpha value is -2.37. The van der Waals surface area contributed by atoms with Crippen LogP contribution in [0.3, 0.4) is 0 Å². The predicted octanol–water partition coefficient (Wildman–Crippen LogP) is 2.29. The summed E-state index contributed by atoms with van der Waals surface area (Å²) < 4.78 is 0. The van der Waals surface area contributed by atoms with Gasteiger partial charge in [0, 0.05) is 31.6 Å². The highest BCUT2D eigenvalue weighted by Crippen LogP contribution is 2.10. The molecule has 0 heterocycles. The number of aliphatic carboxylic acids is 1. The van der Waals surface area contributed by atoms with Crippen LogP contribution in [0.2, 0.25) is 0 Å². The van der Waals surface area contributed by atoms with Gasteiger partial charge >= 0.3 is 5.97 Å². The molecule has 1 aromatic carbocycles. The number of carboxylic acids is 1. The maximum absolute atomic E-state index is 12.2. The third-order valence-electron chi connectivity index (χ3n) is 4.03. The minimum absolute atomic E-state index is 0.0359. The molecule has 0 aliphatic rings. The molecule has 0 spiro atoms. The molecule has 132 valence electrons. The Morgan fingerprint density at radius 2 is 1.71 bits per heavy atom. The summed E-state index contributed by atoms with van der Waals surface area (Å²) in [6, 6.07) is 6.98. The van der Waals surface area contributed by atoms with Crippen molar-refractivity contribution in [2.75, 3.05) is 13.6 Å². The molecule has 6 nitrogen and oxygen atoms in total. The predicted molar refractivity (Wildman–Crippen MR) is 91.6 cm³/mol. The molecule has 0 fully saturated rings. The number of benzene rings is 1. The van der Waals surface area contributed by atoms with Gasteiger partial charge in [-0.05, 0) is 30.5 Å². The Morgan fingerprint density at radius 1 is 1.12 bits per heavy atom. The van der Waals surface area contributed by atoms with Gasteiger partial charge in [0.05, 0.1) is 6.42 Å². The van der Waals surface area contributed by atoms with Gasteiger partial charge in [0.25, 0.3) is 5.91 Å². The van der Waals surface area contributed by atoms with Crippen molar-refractivity contribution in [1.82, 2.24) is 10.2 Å². The van der Waals surface area contributed by atoms with Crippen molar-refractivity contribution in [1.29, 1.82) is 0 Å². The van der Waals surface area contributed by atoms with Crippen molar-refractivity contribution in [2.24, 2.45) is 5.92 Å². The van der Waals surface area contributed by atoms with Gasteiger partial charge in [0.1, 0.15) is 0 Å². The fourth-order valence-corrected chi connectivity index (χ4v) is 2.34. The summed E-state index contributed by atoms with van der Waals surface area (Å²) in [6.07, 6.45) is 1.55. The molecule has 0 unspecified atom stereocenters. The van der Waals surface area contributed by atoms with E-state index in [1.807, 2.05) is 13.8 Å². The van der Waals surface area contributed by atoms with E-state index < -0.39 is 5.97 Å². The highest BCUT2D eigenvalue weighted by atomic mass is 16.4. The van der Waals surface area contributed by atoms with E-state index in [1.165, 1.54) is 4.90 Å². The Morgan fingerprint density at radius 3 is 2.21 bits per heavy atom. The van der Waals surface area contributed by atoms with Crippen LogP contribution < -0.4 is 5.32 Å². The van der Waals surface area contributed by atoms with Crippen molar-refractivity contribution < 1.29 is 19.5 Å². The van der Waals surface area contributed by atoms with Gasteiger partial charge < -0.3 is 15.3 Å². The van der Waals surface area contributed by atoms with Gasteiger partial charge in [-0.15, -0.1) is 0 Å². The lowest BCUT2D eigenvalue weighted by Gasteiger charge is -2.16. The molecule has 0 aliphatic carbocycles. The molecular weight excluding hydrogens is 308 g/mol. The smallest absolute Gasteiger partial charge is 0.305 e. The fraction of sp³-hybridized carbons (Fsp3) is 0.500. The van der Waals surface area contributed by atoms with E-state index in [9.17, 15) is 14.4 Å². The molecule has 2 amide bonds. The van der Waals surface area contributed by atoms with E-state index in [2.05, 4.69) is 5.32 Å². The summed E-state index contributed by atoms with van der Waals surface area (Å²) in [5, 5.41) is 11.6. The molecule has 1 rings (SSSR count). The quantitative estimate of drug-likeness (QED) is 0.725. The highest BCUT2D eigenvalue weighted by Gasteiger charge is 2.14. The van der Waals surface area contributed by atoms with Crippen LogP contribution in [-0.4, -0.2) is 41.4 Å². The zero-order chi connectivity index (χ0) is 18.1. The molecule has 0 atom stereocenters. The largest absolute Gasteiger partial charge is 0.481 e. The fourth-order valence-electron chi connectivity index (χ4n) is 2.34. The first-order valence-electron chi connectivity index (χ1n) is 8.22. The first kappa shape index (κ1) is 19.7. The average molecular weight is 334 g/mol. The van der Waals surface area contributed by atoms with Crippen molar-refractivity contribution >= 4 is 17.8 Å². The lowest BCUT2D eigenvalue weighted by molar-refractivity contribution is -0.137. The van der Waals surface area contributed by atoms with Gasteiger partial charge in [0.15, 0.2) is 0 Å². The summed E-state index contributed by atoms with van der Waals surface area (Å²) in [5.74, 6) is -1.07. The van der Waals surface area contributed by atoms with E-state index in [4.69, 9.17) is 5.11 Å². The molecule has 0 bridgehead atoms. The number of hydrogen-bond acceptors (Lipinski definition) is 3. The Labute approximate surface area is 142 Å². The average Bonchev–Trinajstić information content (AvgIpc) is 2.58. The molecule has 2 N–H and O–H groups in total. The lowest BCUT2D eigenvalue weighted by atomic mass is 10.0. The second-order valence-corrected chi connectivity index (χ2v) is 5.80. The van der Waals surface area contributed by atoms with E-state index in [0.29, 0.717) is 12.1 Å². The van der Waals surface area contributed by atoms with Crippen molar-refractivity contribution in [3.63, 3.8) is 0 Å². The molecule has 1 aromatic rings. The second kappa shape index (κ2) is 9.70. The Bertz CT molecular complexity index is 565. The molecule has 0 saturated heterocycles. The van der Waals surface area contributed by atoms with E-state index in [-0.39, 0.29) is 30.7 Å². The number of nitrogens with one attached hydrogen (secondary N) is 1. The molecule has 0 radical (unpaired) electrons. The van der Waals surface area contributed by atoms with Crippen LogP contribution in [0.5, 0.6) is 0 Å². The standard InChI is InChI=1S/C18H26N2O4/c1-4-14(5-2)17(23)19-12-13-6-8-15(9-7-13)18(24)20(3)11-10-16(21)22/h6-9,14H,4-5,10-12H2,1-3H3,(H,19,23)(H,21,22). The lowest BCUT2D eigenvalue weighted by Crippen LogP contribution is -2.30. The number of hydrogen-bond donors (Lipinski definition) is 2. The normalized spacial score (nSPS) is 10.5. The molecule has 0 aliphatic heterocycles. The van der Waals surface area contributed by atoms with Crippen LogP contribution in [-0.2, 0) is 16.1 Å². The topological polar surface area (TPSA) is 86.7 Å². The number of rotatable bonds is 9. The molecule has 24 heavy (non-hydrogen) atoms. The SMILES string of the molecule is CCC(CC)C(=O)NCc1ccc(C(=O)N(C)CCC(=O)O)cc1. The van der Waals surface area contributed by atoms with Crippen LogP contribution in [0.25, 0.3) is 0 Å². The van der Waals surface area contributed by atoms with Crippen LogP contribution >= 0.6 is 0 Å². The van der Waals surface area contributed by atoms with Crippen molar-refractivity contribution in [2.45, 2.75) is 39.7 Å². The van der Waals surface area contributed by atoms with Crippen LogP contribution in [0.1, 0.15) is 49.0 Å². The van der Waals surface area contributed by atoms with Crippen molar-refractivity contribution in [3.05, 3.63) is 35.4 Å². The maximum Gasteiger partial charge on any atom is 0.305 e. The van der Waals surface area contributed by atoms with E-state index in [1.54, 1.807) is 31.3 Å². The Kier molecular flexibility index (Phi) is 7.95. The molecule has 0 aromatic heterocycles. The zero-order valence-corrected chi connectivity index (χ0v) is 14.5. The van der Waals surface area contributed by atoms with Crippen LogP contribution in [0, 0.1) is 5.92 Å². The first-order valence-corrected chi connectivity index (χ1v) is 8.22. The number of nitrogens with zero attached hydrogens (tertiary/aromatic N) is 1. The molecular formula is C18H26N2O4. The van der Waals surface area contributed by atoms with Crippen LogP contribution in [0.4, 0.5) is 0 Å². The summed E-state index contributed by atoms with van der Waals surface area (Å²) in [4.78, 5) is 36.1. The third kappa shape index (κ3) is 6.02. The molecule has 6 heteroatoms. The van der Waals surface area contributed by atoms with E-state index >= 15 is 0 Å². The van der Waals surface area contributed by atoms with Gasteiger partial charge in [0.2, 0.25) is 5.91 Å². The monoisotopic (exact) mass is 334 g/mol. The second-order valence-electron chi connectivity index (χ2n) is 5.80. The Balaban J connectivity index is 2.57. The number of carboxylic acid groups (broad SMARTS) is 1. The van der Waals surface area contributed by atoms with Crippen molar-refractivity contribution in [3.8, 4) is 0 Å². The third-order valence-corrected chi connectivity index (χ3v) is 4.03.